The quantitative estimate of drug-likeness (QED) is 0.841. The van der Waals surface area contributed by atoms with E-state index in [4.69, 9.17) is 10.5 Å². The van der Waals surface area contributed by atoms with Crippen molar-refractivity contribution in [3.8, 4) is 0 Å². The summed E-state index contributed by atoms with van der Waals surface area (Å²) in [4.78, 5) is 13.3. The summed E-state index contributed by atoms with van der Waals surface area (Å²) in [5.41, 5.74) is 5.31. The summed E-state index contributed by atoms with van der Waals surface area (Å²) in [6, 6.07) is 0.492. The van der Waals surface area contributed by atoms with Crippen molar-refractivity contribution in [3.63, 3.8) is 0 Å². The minimum absolute atomic E-state index is 0.0658. The van der Waals surface area contributed by atoms with Gasteiger partial charge >= 0.3 is 6.09 Å². The molecule has 106 valence electrons. The highest BCUT2D eigenvalue weighted by molar-refractivity contribution is 5.64. The van der Waals surface area contributed by atoms with Crippen LogP contribution in [-0.4, -0.2) is 36.7 Å². The fourth-order valence-corrected chi connectivity index (χ4v) is 3.13. The molecule has 0 aromatic heterocycles. The second-order valence-electron chi connectivity index (χ2n) is 6.02. The first kappa shape index (κ1) is 15.3. The lowest BCUT2D eigenvalue weighted by Gasteiger charge is -2.50. The number of nitrogens with zero attached hydrogens (tertiary/aromatic N) is 1. The predicted molar refractivity (Wildman–Crippen MR) is 73.3 cm³/mol. The van der Waals surface area contributed by atoms with Gasteiger partial charge in [0, 0.05) is 6.04 Å². The number of primary amides is 1. The normalized spacial score (nSPS) is 35.2. The third-order valence-corrected chi connectivity index (χ3v) is 5.06. The van der Waals surface area contributed by atoms with Gasteiger partial charge in [-0.05, 0) is 51.1 Å². The molecule has 4 atom stereocenters. The smallest absolute Gasteiger partial charge is 0.404 e. The van der Waals surface area contributed by atoms with Crippen LogP contribution in [0.1, 0.15) is 47.0 Å². The number of likely N-dealkylation sites (tertiary alicyclic amines) is 1. The van der Waals surface area contributed by atoms with E-state index in [1.54, 1.807) is 0 Å². The molecule has 18 heavy (non-hydrogen) atoms. The summed E-state index contributed by atoms with van der Waals surface area (Å²) in [6.07, 6.45) is 2.18. The minimum atomic E-state index is -0.657. The second-order valence-corrected chi connectivity index (χ2v) is 6.02. The zero-order valence-electron chi connectivity index (χ0n) is 12.4. The first-order valence-electron chi connectivity index (χ1n) is 6.97. The molecule has 4 unspecified atom stereocenters. The first-order valence-corrected chi connectivity index (χ1v) is 6.97. The van der Waals surface area contributed by atoms with Gasteiger partial charge in [0.2, 0.25) is 0 Å². The van der Waals surface area contributed by atoms with Crippen molar-refractivity contribution in [1.29, 1.82) is 0 Å². The van der Waals surface area contributed by atoms with Crippen LogP contribution in [0.15, 0.2) is 0 Å². The maximum atomic E-state index is 10.9. The van der Waals surface area contributed by atoms with Crippen molar-refractivity contribution in [3.05, 3.63) is 0 Å². The lowest BCUT2D eigenvalue weighted by molar-refractivity contribution is -0.0333. The van der Waals surface area contributed by atoms with Crippen molar-refractivity contribution >= 4 is 6.09 Å². The molecule has 1 aliphatic rings. The molecular weight excluding hydrogens is 228 g/mol. The molecule has 0 aromatic rings. The zero-order valence-corrected chi connectivity index (χ0v) is 12.4. The van der Waals surface area contributed by atoms with Crippen molar-refractivity contribution in [1.82, 2.24) is 4.90 Å². The Kier molecular flexibility index (Phi) is 5.02. The maximum absolute atomic E-state index is 10.9. The number of piperidine rings is 1. The van der Waals surface area contributed by atoms with Crippen molar-refractivity contribution in [2.75, 3.05) is 13.6 Å². The summed E-state index contributed by atoms with van der Waals surface area (Å²) in [5.74, 6) is 0.634. The monoisotopic (exact) mass is 256 g/mol. The lowest BCUT2D eigenvalue weighted by atomic mass is 9.65. The summed E-state index contributed by atoms with van der Waals surface area (Å²) in [6.45, 7) is 10.1. The number of rotatable bonds is 4. The van der Waals surface area contributed by atoms with Gasteiger partial charge in [-0.2, -0.15) is 0 Å². The van der Waals surface area contributed by atoms with E-state index < -0.39 is 6.09 Å². The Balaban J connectivity index is 2.78. The molecule has 1 fully saturated rings. The molecule has 1 saturated heterocycles. The number of carbonyl (C=O) groups is 1. The van der Waals surface area contributed by atoms with Gasteiger partial charge in [-0.25, -0.2) is 4.79 Å². The van der Waals surface area contributed by atoms with Gasteiger partial charge < -0.3 is 15.4 Å². The summed E-state index contributed by atoms with van der Waals surface area (Å²) in [7, 11) is 2.17. The van der Waals surface area contributed by atoms with E-state index in [-0.39, 0.29) is 11.5 Å². The Morgan fingerprint density at radius 2 is 2.17 bits per heavy atom. The fraction of sp³-hybridized carbons (Fsp3) is 0.929. The third-order valence-electron chi connectivity index (χ3n) is 5.06. The van der Waals surface area contributed by atoms with E-state index in [1.165, 1.54) is 6.42 Å². The summed E-state index contributed by atoms with van der Waals surface area (Å²) >= 11 is 0. The van der Waals surface area contributed by atoms with Crippen molar-refractivity contribution < 1.29 is 9.53 Å². The Morgan fingerprint density at radius 3 is 2.67 bits per heavy atom. The third kappa shape index (κ3) is 3.16. The van der Waals surface area contributed by atoms with Gasteiger partial charge in [0.15, 0.2) is 0 Å². The van der Waals surface area contributed by atoms with E-state index in [9.17, 15) is 4.79 Å². The Labute approximate surface area is 111 Å². The fourth-order valence-electron chi connectivity index (χ4n) is 3.13. The van der Waals surface area contributed by atoms with Crippen LogP contribution in [0, 0.1) is 11.3 Å². The van der Waals surface area contributed by atoms with Gasteiger partial charge in [0.05, 0.1) is 0 Å². The highest BCUT2D eigenvalue weighted by Gasteiger charge is 2.43. The first-order chi connectivity index (χ1) is 8.31. The van der Waals surface area contributed by atoms with Crippen molar-refractivity contribution in [2.24, 2.45) is 17.1 Å². The molecule has 1 rings (SSSR count). The SMILES string of the molecule is CCC(CC1(C)C(C)CCN(C)C1C)OC(N)=O. The average Bonchev–Trinajstić information content (AvgIpc) is 2.30. The van der Waals surface area contributed by atoms with Crippen LogP contribution in [0.4, 0.5) is 4.79 Å². The van der Waals surface area contributed by atoms with Crippen LogP contribution < -0.4 is 5.73 Å². The molecule has 2 N–H and O–H groups in total. The largest absolute Gasteiger partial charge is 0.446 e. The number of carbonyl (C=O) groups excluding carboxylic acids is 1. The number of ether oxygens (including phenoxy) is 1. The van der Waals surface area contributed by atoms with E-state index in [0.29, 0.717) is 12.0 Å². The van der Waals surface area contributed by atoms with E-state index >= 15 is 0 Å². The van der Waals surface area contributed by atoms with E-state index in [0.717, 1.165) is 19.4 Å². The average molecular weight is 256 g/mol. The van der Waals surface area contributed by atoms with Crippen molar-refractivity contribution in [2.45, 2.75) is 59.1 Å². The highest BCUT2D eigenvalue weighted by atomic mass is 16.6. The van der Waals surface area contributed by atoms with Gasteiger partial charge in [-0.15, -0.1) is 0 Å². The Morgan fingerprint density at radius 1 is 1.56 bits per heavy atom. The van der Waals surface area contributed by atoms with Gasteiger partial charge in [0.25, 0.3) is 0 Å². The molecule has 4 heteroatoms. The maximum Gasteiger partial charge on any atom is 0.404 e. The molecule has 1 heterocycles. The van der Waals surface area contributed by atoms with Gasteiger partial charge in [-0.3, -0.25) is 0 Å². The summed E-state index contributed by atoms with van der Waals surface area (Å²) < 4.78 is 5.22. The summed E-state index contributed by atoms with van der Waals surface area (Å²) in [5, 5.41) is 0. The number of hydrogen-bond donors (Lipinski definition) is 1. The van der Waals surface area contributed by atoms with Crippen LogP contribution in [-0.2, 0) is 4.74 Å². The molecular formula is C14H28N2O2. The molecule has 1 amide bonds. The second kappa shape index (κ2) is 5.91. The van der Waals surface area contributed by atoms with Crippen LogP contribution in [0.25, 0.3) is 0 Å². The molecule has 0 radical (unpaired) electrons. The minimum Gasteiger partial charge on any atom is -0.446 e. The predicted octanol–water partition coefficient (Wildman–Crippen LogP) is 2.62. The van der Waals surface area contributed by atoms with Crippen LogP contribution in [0.5, 0.6) is 0 Å². The molecule has 0 spiro atoms. The van der Waals surface area contributed by atoms with Crippen LogP contribution in [0.3, 0.4) is 0 Å². The zero-order chi connectivity index (χ0) is 13.9. The number of amides is 1. The van der Waals surface area contributed by atoms with E-state index in [1.807, 2.05) is 6.92 Å². The lowest BCUT2D eigenvalue weighted by Crippen LogP contribution is -2.53. The van der Waals surface area contributed by atoms with Gasteiger partial charge in [-0.1, -0.05) is 20.8 Å². The van der Waals surface area contributed by atoms with Crippen LogP contribution in [0.2, 0.25) is 0 Å². The Hall–Kier alpha value is -0.770. The molecule has 0 aromatic carbocycles. The Bertz CT molecular complexity index is 296. The number of nitrogens with two attached hydrogens (primary N) is 1. The molecule has 0 bridgehead atoms. The van der Waals surface area contributed by atoms with E-state index in [2.05, 4.69) is 32.7 Å². The topological polar surface area (TPSA) is 55.6 Å². The highest BCUT2D eigenvalue weighted by Crippen LogP contribution is 2.44. The molecule has 1 aliphatic heterocycles. The molecule has 4 nitrogen and oxygen atoms in total. The number of hydrogen-bond acceptors (Lipinski definition) is 3. The van der Waals surface area contributed by atoms with Gasteiger partial charge in [0.1, 0.15) is 6.10 Å². The molecule has 0 saturated carbocycles. The molecule has 0 aliphatic carbocycles. The standard InChI is InChI=1S/C14H28N2O2/c1-6-12(18-13(15)17)9-14(4)10(2)7-8-16(5)11(14)3/h10-12H,6-9H2,1-5H3,(H2,15,17). The van der Waals surface area contributed by atoms with Crippen LogP contribution >= 0.6 is 0 Å².